The van der Waals surface area contributed by atoms with Crippen molar-refractivity contribution in [2.75, 3.05) is 6.61 Å². The number of hydrogen-bond donors (Lipinski definition) is 2. The number of nitrogens with two attached hydrogens (primary N) is 1. The molecule has 1 aromatic heterocycles. The highest BCUT2D eigenvalue weighted by atomic mass is 16.5. The molecule has 0 amide bonds. The Bertz CT molecular complexity index is 370. The van der Waals surface area contributed by atoms with Gasteiger partial charge >= 0.3 is 0 Å². The summed E-state index contributed by atoms with van der Waals surface area (Å²) in [7, 11) is 0. The van der Waals surface area contributed by atoms with Crippen molar-refractivity contribution >= 4 is 5.84 Å². The van der Waals surface area contributed by atoms with Crippen LogP contribution in [0.4, 0.5) is 0 Å². The largest absolute Gasteiger partial charge is 0.476 e. The molecule has 0 unspecified atom stereocenters. The molecule has 5 nitrogen and oxygen atoms in total. The first-order valence-corrected chi connectivity index (χ1v) is 5.19. The zero-order valence-electron chi connectivity index (χ0n) is 9.95. The van der Waals surface area contributed by atoms with Crippen LogP contribution in [-0.2, 0) is 0 Å². The van der Waals surface area contributed by atoms with Crippen LogP contribution in [0.1, 0.15) is 32.8 Å². The normalized spacial score (nSPS) is 11.2. The summed E-state index contributed by atoms with van der Waals surface area (Å²) < 4.78 is 5.48. The van der Waals surface area contributed by atoms with Crippen molar-refractivity contribution in [2.45, 2.75) is 27.2 Å². The Morgan fingerprint density at radius 1 is 1.50 bits per heavy atom. The third kappa shape index (κ3) is 3.84. The second-order valence-electron chi connectivity index (χ2n) is 4.82. The molecule has 0 radical (unpaired) electrons. The molecular weight excluding hydrogens is 204 g/mol. The zero-order valence-corrected chi connectivity index (χ0v) is 9.95. The standard InChI is InChI=1S/C11H18N4O/c1-11(2,3)5-7-16-10-8(9(12)13)4-6-14-15-10/h4,6H,5,7H2,1-3H3,(H3,12,13). The van der Waals surface area contributed by atoms with Gasteiger partial charge in [-0.1, -0.05) is 20.8 Å². The maximum absolute atomic E-state index is 7.36. The molecule has 1 heterocycles. The minimum absolute atomic E-state index is 0.0549. The number of rotatable bonds is 4. The fourth-order valence-corrected chi connectivity index (χ4v) is 1.08. The summed E-state index contributed by atoms with van der Waals surface area (Å²) in [5.41, 5.74) is 6.10. The molecule has 0 aliphatic heterocycles. The highest BCUT2D eigenvalue weighted by Crippen LogP contribution is 2.19. The van der Waals surface area contributed by atoms with Gasteiger partial charge < -0.3 is 10.5 Å². The summed E-state index contributed by atoms with van der Waals surface area (Å²) in [6.07, 6.45) is 2.40. The Morgan fingerprint density at radius 2 is 2.19 bits per heavy atom. The zero-order chi connectivity index (χ0) is 12.2. The van der Waals surface area contributed by atoms with Crippen molar-refractivity contribution in [3.05, 3.63) is 17.8 Å². The van der Waals surface area contributed by atoms with E-state index in [9.17, 15) is 0 Å². The lowest BCUT2D eigenvalue weighted by atomic mass is 9.93. The van der Waals surface area contributed by atoms with Gasteiger partial charge in [-0.15, -0.1) is 5.10 Å². The van der Waals surface area contributed by atoms with Crippen LogP contribution in [0.5, 0.6) is 5.88 Å². The molecule has 1 aromatic rings. The summed E-state index contributed by atoms with van der Waals surface area (Å²) >= 11 is 0. The average Bonchev–Trinajstić information content (AvgIpc) is 2.16. The Hall–Kier alpha value is -1.65. The first-order chi connectivity index (χ1) is 7.40. The third-order valence-corrected chi connectivity index (χ3v) is 2.07. The SMILES string of the molecule is CC(C)(C)CCOc1nnccc1C(=N)N. The summed E-state index contributed by atoms with van der Waals surface area (Å²) in [4.78, 5) is 0. The van der Waals surface area contributed by atoms with E-state index in [0.29, 0.717) is 18.1 Å². The third-order valence-electron chi connectivity index (χ3n) is 2.07. The first kappa shape index (κ1) is 12.4. The van der Waals surface area contributed by atoms with Crippen molar-refractivity contribution < 1.29 is 4.74 Å². The Kier molecular flexibility index (Phi) is 3.82. The van der Waals surface area contributed by atoms with Gasteiger partial charge in [0.15, 0.2) is 0 Å². The van der Waals surface area contributed by atoms with Crippen LogP contribution in [0.15, 0.2) is 12.3 Å². The lowest BCUT2D eigenvalue weighted by molar-refractivity contribution is 0.234. The van der Waals surface area contributed by atoms with Crippen molar-refractivity contribution in [1.82, 2.24) is 10.2 Å². The summed E-state index contributed by atoms with van der Waals surface area (Å²) in [6.45, 7) is 6.96. The van der Waals surface area contributed by atoms with Gasteiger partial charge in [0, 0.05) is 0 Å². The number of ether oxygens (including phenoxy) is 1. The number of nitrogen functional groups attached to an aromatic ring is 1. The first-order valence-electron chi connectivity index (χ1n) is 5.19. The van der Waals surface area contributed by atoms with Gasteiger partial charge in [-0.3, -0.25) is 5.41 Å². The number of amidine groups is 1. The predicted octanol–water partition coefficient (Wildman–Crippen LogP) is 1.58. The monoisotopic (exact) mass is 222 g/mol. The van der Waals surface area contributed by atoms with Crippen molar-refractivity contribution in [3.63, 3.8) is 0 Å². The van der Waals surface area contributed by atoms with Crippen LogP contribution in [0.3, 0.4) is 0 Å². The quantitative estimate of drug-likeness (QED) is 0.598. The Morgan fingerprint density at radius 3 is 2.75 bits per heavy atom. The van der Waals surface area contributed by atoms with E-state index in [1.165, 1.54) is 6.20 Å². The van der Waals surface area contributed by atoms with E-state index >= 15 is 0 Å². The second-order valence-corrected chi connectivity index (χ2v) is 4.82. The molecule has 0 saturated heterocycles. The van der Waals surface area contributed by atoms with Gasteiger partial charge in [-0.2, -0.15) is 5.10 Å². The predicted molar refractivity (Wildman–Crippen MR) is 62.6 cm³/mol. The molecule has 0 saturated carbocycles. The minimum Gasteiger partial charge on any atom is -0.476 e. The molecule has 3 N–H and O–H groups in total. The Labute approximate surface area is 95.5 Å². The van der Waals surface area contributed by atoms with Crippen molar-refractivity contribution in [1.29, 1.82) is 5.41 Å². The molecule has 0 aliphatic rings. The van der Waals surface area contributed by atoms with Gasteiger partial charge in [0.05, 0.1) is 18.4 Å². The number of hydrogen-bond acceptors (Lipinski definition) is 4. The van der Waals surface area contributed by atoms with Crippen LogP contribution >= 0.6 is 0 Å². The molecule has 5 heteroatoms. The van der Waals surface area contributed by atoms with Gasteiger partial charge in [0.25, 0.3) is 0 Å². The fraction of sp³-hybridized carbons (Fsp3) is 0.545. The van der Waals surface area contributed by atoms with E-state index in [2.05, 4.69) is 31.0 Å². The molecular formula is C11H18N4O. The number of nitrogens with zero attached hydrogens (tertiary/aromatic N) is 2. The Balaban J connectivity index is 2.64. The van der Waals surface area contributed by atoms with Gasteiger partial charge in [0.1, 0.15) is 5.84 Å². The van der Waals surface area contributed by atoms with E-state index in [1.54, 1.807) is 6.07 Å². The lowest BCUT2D eigenvalue weighted by Crippen LogP contribution is -2.16. The fourth-order valence-electron chi connectivity index (χ4n) is 1.08. The van der Waals surface area contributed by atoms with E-state index in [1.807, 2.05) is 0 Å². The summed E-state index contributed by atoms with van der Waals surface area (Å²) in [6, 6.07) is 1.63. The smallest absolute Gasteiger partial charge is 0.244 e. The molecule has 1 rings (SSSR count). The molecule has 16 heavy (non-hydrogen) atoms. The molecule has 0 aliphatic carbocycles. The summed E-state index contributed by atoms with van der Waals surface area (Å²) in [5.74, 6) is 0.278. The van der Waals surface area contributed by atoms with Crippen molar-refractivity contribution in [2.24, 2.45) is 11.1 Å². The maximum atomic E-state index is 7.36. The lowest BCUT2D eigenvalue weighted by Gasteiger charge is -2.18. The minimum atomic E-state index is -0.0549. The number of aromatic nitrogens is 2. The average molecular weight is 222 g/mol. The molecule has 0 bridgehead atoms. The van der Waals surface area contributed by atoms with Crippen LogP contribution in [0.2, 0.25) is 0 Å². The van der Waals surface area contributed by atoms with E-state index in [0.717, 1.165) is 6.42 Å². The highest BCUT2D eigenvalue weighted by Gasteiger charge is 2.12. The van der Waals surface area contributed by atoms with E-state index in [-0.39, 0.29) is 11.3 Å². The molecule has 0 atom stereocenters. The van der Waals surface area contributed by atoms with Gasteiger partial charge in [-0.05, 0) is 17.9 Å². The topological polar surface area (TPSA) is 84.9 Å². The number of nitrogens with one attached hydrogen (secondary N) is 1. The van der Waals surface area contributed by atoms with Crippen LogP contribution in [0, 0.1) is 10.8 Å². The molecule has 0 fully saturated rings. The molecule has 88 valence electrons. The van der Waals surface area contributed by atoms with E-state index < -0.39 is 0 Å². The van der Waals surface area contributed by atoms with Crippen LogP contribution in [0.25, 0.3) is 0 Å². The summed E-state index contributed by atoms with van der Waals surface area (Å²) in [5, 5.41) is 14.9. The van der Waals surface area contributed by atoms with E-state index in [4.69, 9.17) is 15.9 Å². The molecule has 0 aromatic carbocycles. The maximum Gasteiger partial charge on any atom is 0.244 e. The molecule has 0 spiro atoms. The van der Waals surface area contributed by atoms with Gasteiger partial charge in [0.2, 0.25) is 5.88 Å². The second kappa shape index (κ2) is 4.92. The highest BCUT2D eigenvalue weighted by molar-refractivity contribution is 5.96. The van der Waals surface area contributed by atoms with Crippen molar-refractivity contribution in [3.8, 4) is 5.88 Å². The van der Waals surface area contributed by atoms with Crippen LogP contribution in [-0.4, -0.2) is 22.6 Å². The van der Waals surface area contributed by atoms with Gasteiger partial charge in [-0.25, -0.2) is 0 Å². The van der Waals surface area contributed by atoms with Crippen LogP contribution < -0.4 is 10.5 Å².